The minimum absolute atomic E-state index is 0.831. The van der Waals surface area contributed by atoms with Gasteiger partial charge in [-0.15, -0.1) is 0 Å². The van der Waals surface area contributed by atoms with Crippen molar-refractivity contribution in [2.24, 2.45) is 0 Å². The van der Waals surface area contributed by atoms with E-state index in [1.807, 2.05) is 0 Å². The molecule has 0 fully saturated rings. The highest BCUT2D eigenvalue weighted by atomic mass is 35.5. The Morgan fingerprint density at radius 3 is 1.53 bits per heavy atom. The van der Waals surface area contributed by atoms with Crippen LogP contribution < -0.4 is 0 Å². The summed E-state index contributed by atoms with van der Waals surface area (Å²) in [6.07, 6.45) is -1.98. The minimum Gasteiger partial charge on any atom is -0.442 e. The molecule has 0 aliphatic heterocycles. The molecule has 110 valence electrons. The minimum atomic E-state index is -4.01. The first-order chi connectivity index (χ1) is 8.42. The van der Waals surface area contributed by atoms with E-state index < -0.39 is 34.1 Å². The van der Waals surface area contributed by atoms with Crippen LogP contribution >= 0.6 is 34.8 Å². The summed E-state index contributed by atoms with van der Waals surface area (Å²) >= 11 is 14.5. The first kappa shape index (κ1) is 18.2. The maximum Gasteiger partial charge on any atom is 0.407 e. The monoisotopic (exact) mass is 340 g/mol. The van der Waals surface area contributed by atoms with Crippen LogP contribution in [-0.2, 0) is 14.2 Å². The molecular weight excluding hydrogens is 334 g/mol. The Morgan fingerprint density at radius 1 is 0.947 bits per heavy atom. The summed E-state index contributed by atoms with van der Waals surface area (Å²) in [6.45, 7) is 0.831. The number of aliphatic hydroxyl groups is 3. The quantitative estimate of drug-likeness (QED) is 0.490. The topological polar surface area (TPSA) is 140 Å². The third-order valence-corrected chi connectivity index (χ3v) is 1.98. The van der Waals surface area contributed by atoms with Gasteiger partial charge in [0.2, 0.25) is 0 Å². The molecule has 0 radical (unpaired) electrons. The van der Waals surface area contributed by atoms with Crippen LogP contribution in [0.25, 0.3) is 0 Å². The lowest BCUT2D eigenvalue weighted by atomic mass is 10.1. The number of carbonyl (C=O) groups excluding carboxylic acids is 3. The summed E-state index contributed by atoms with van der Waals surface area (Å²) in [4.78, 5) is 31.9. The zero-order valence-corrected chi connectivity index (χ0v) is 11.3. The molecule has 3 N–H and O–H groups in total. The van der Waals surface area contributed by atoms with E-state index in [0.717, 1.165) is 6.92 Å². The van der Waals surface area contributed by atoms with Crippen molar-refractivity contribution < 1.29 is 43.9 Å². The molecule has 0 aromatic heterocycles. The van der Waals surface area contributed by atoms with Crippen LogP contribution in [0.15, 0.2) is 0 Å². The van der Waals surface area contributed by atoms with Crippen molar-refractivity contribution in [3.05, 3.63) is 0 Å². The molecule has 0 amide bonds. The predicted octanol–water partition coefficient (Wildman–Crippen LogP) is 0.828. The van der Waals surface area contributed by atoms with Crippen molar-refractivity contribution >= 4 is 51.1 Å². The van der Waals surface area contributed by atoms with E-state index in [1.54, 1.807) is 0 Å². The Hall–Kier alpha value is -0.840. The van der Waals surface area contributed by atoms with E-state index in [1.165, 1.54) is 0 Å². The highest BCUT2D eigenvalue weighted by molar-refractivity contribution is 6.62. The smallest absolute Gasteiger partial charge is 0.407 e. The first-order valence-corrected chi connectivity index (χ1v) is 5.36. The molecule has 19 heavy (non-hydrogen) atoms. The molecule has 0 aromatic rings. The van der Waals surface area contributed by atoms with Gasteiger partial charge in [-0.25, -0.2) is 14.4 Å². The van der Waals surface area contributed by atoms with Crippen LogP contribution in [0, 0.1) is 0 Å². The summed E-state index contributed by atoms with van der Waals surface area (Å²) < 4.78 is 12.4. The maximum atomic E-state index is 10.7. The molecule has 0 heterocycles. The Kier molecular flexibility index (Phi) is 6.26. The van der Waals surface area contributed by atoms with E-state index in [0.29, 0.717) is 0 Å². The number of ether oxygens (including phenoxy) is 3. The van der Waals surface area contributed by atoms with Crippen LogP contribution in [0.5, 0.6) is 0 Å². The summed E-state index contributed by atoms with van der Waals surface area (Å²) in [5.41, 5.74) is -4.98. The first-order valence-electron chi connectivity index (χ1n) is 4.22. The van der Waals surface area contributed by atoms with Crippen molar-refractivity contribution in [3.8, 4) is 0 Å². The molecule has 0 saturated carbocycles. The van der Waals surface area contributed by atoms with E-state index in [4.69, 9.17) is 50.1 Å². The number of halogens is 3. The standard InChI is InChI=1S/C7H7Cl3O9/c1-2(17-3(8)11)6(7(14,15)16,18-4(9)12)19-5(10)13/h2,14-16H,1H3. The van der Waals surface area contributed by atoms with E-state index in [-0.39, 0.29) is 0 Å². The lowest BCUT2D eigenvalue weighted by Gasteiger charge is -2.39. The predicted molar refractivity (Wildman–Crippen MR) is 58.6 cm³/mol. The Bertz CT molecular complexity index is 360. The fraction of sp³-hybridized carbons (Fsp3) is 0.571. The molecule has 0 bridgehead atoms. The second kappa shape index (κ2) is 6.55. The highest BCUT2D eigenvalue weighted by Crippen LogP contribution is 2.32. The van der Waals surface area contributed by atoms with Crippen LogP contribution in [-0.4, -0.2) is 49.5 Å². The SMILES string of the molecule is CC(OC(=O)Cl)C(OC(=O)Cl)(OC(=O)Cl)C(O)(O)O. The van der Waals surface area contributed by atoms with Gasteiger partial charge in [-0.2, -0.15) is 0 Å². The van der Waals surface area contributed by atoms with Gasteiger partial charge < -0.3 is 29.5 Å². The van der Waals surface area contributed by atoms with Crippen molar-refractivity contribution in [2.45, 2.75) is 24.8 Å². The third kappa shape index (κ3) is 4.97. The zero-order chi connectivity index (χ0) is 15.4. The summed E-state index contributed by atoms with van der Waals surface area (Å²) in [5, 5.41) is 27.3. The summed E-state index contributed by atoms with van der Waals surface area (Å²) in [5.74, 6) is -7.36. The lowest BCUT2D eigenvalue weighted by molar-refractivity contribution is -0.452. The Morgan fingerprint density at radius 2 is 1.32 bits per heavy atom. The second-order valence-electron chi connectivity index (χ2n) is 2.98. The van der Waals surface area contributed by atoms with Gasteiger partial charge in [0.05, 0.1) is 0 Å². The normalized spacial score (nSPS) is 13.4. The van der Waals surface area contributed by atoms with Gasteiger partial charge in [-0.1, -0.05) is 0 Å². The summed E-state index contributed by atoms with van der Waals surface area (Å²) in [6, 6.07) is 0. The molecule has 0 aliphatic carbocycles. The highest BCUT2D eigenvalue weighted by Gasteiger charge is 2.63. The number of hydrogen-bond acceptors (Lipinski definition) is 9. The maximum absolute atomic E-state index is 10.7. The fourth-order valence-corrected chi connectivity index (χ4v) is 1.41. The van der Waals surface area contributed by atoms with Crippen LogP contribution in [0.1, 0.15) is 6.92 Å². The molecule has 1 unspecified atom stereocenters. The van der Waals surface area contributed by atoms with E-state index >= 15 is 0 Å². The molecule has 9 nitrogen and oxygen atoms in total. The largest absolute Gasteiger partial charge is 0.442 e. The van der Waals surface area contributed by atoms with Gasteiger partial charge in [-0.3, -0.25) is 0 Å². The molecule has 0 aromatic carbocycles. The summed E-state index contributed by atoms with van der Waals surface area (Å²) in [7, 11) is 0. The molecule has 0 spiro atoms. The Labute approximate surface area is 120 Å². The number of hydrogen-bond donors (Lipinski definition) is 3. The van der Waals surface area contributed by atoms with Crippen molar-refractivity contribution in [3.63, 3.8) is 0 Å². The fourth-order valence-electron chi connectivity index (χ4n) is 1.05. The molecule has 0 saturated heterocycles. The van der Waals surface area contributed by atoms with Gasteiger partial charge in [-0.05, 0) is 6.92 Å². The third-order valence-electron chi connectivity index (χ3n) is 1.74. The van der Waals surface area contributed by atoms with Crippen molar-refractivity contribution in [2.75, 3.05) is 0 Å². The van der Waals surface area contributed by atoms with Gasteiger partial charge in [0.15, 0.2) is 6.10 Å². The van der Waals surface area contributed by atoms with Gasteiger partial charge >= 0.3 is 28.0 Å². The van der Waals surface area contributed by atoms with Crippen LogP contribution in [0.3, 0.4) is 0 Å². The number of rotatable bonds is 5. The average Bonchev–Trinajstić information content (AvgIpc) is 2.11. The van der Waals surface area contributed by atoms with Crippen LogP contribution in [0.4, 0.5) is 14.4 Å². The van der Waals surface area contributed by atoms with Crippen molar-refractivity contribution in [1.29, 1.82) is 0 Å². The molecule has 0 aliphatic rings. The Balaban J connectivity index is 5.66. The van der Waals surface area contributed by atoms with E-state index in [2.05, 4.69) is 14.2 Å². The van der Waals surface area contributed by atoms with Gasteiger partial charge in [0, 0.05) is 34.8 Å². The molecule has 12 heteroatoms. The second-order valence-corrected chi connectivity index (χ2v) is 3.91. The van der Waals surface area contributed by atoms with Crippen LogP contribution in [0.2, 0.25) is 0 Å². The van der Waals surface area contributed by atoms with Gasteiger partial charge in [0.25, 0.3) is 0 Å². The van der Waals surface area contributed by atoms with Gasteiger partial charge in [0.1, 0.15) is 0 Å². The molecule has 1 atom stereocenters. The molecular formula is C7H7Cl3O9. The molecule has 0 rings (SSSR count). The lowest BCUT2D eigenvalue weighted by Crippen LogP contribution is -2.65. The van der Waals surface area contributed by atoms with Crippen molar-refractivity contribution in [1.82, 2.24) is 0 Å². The average molecular weight is 341 g/mol. The number of carbonyl (C=O) groups is 3. The van der Waals surface area contributed by atoms with E-state index in [9.17, 15) is 14.4 Å². The zero-order valence-electron chi connectivity index (χ0n) is 9.00.